The molecule has 2 amide bonds. The zero-order chi connectivity index (χ0) is 23.4. The highest BCUT2D eigenvalue weighted by Gasteiger charge is 2.25. The summed E-state index contributed by atoms with van der Waals surface area (Å²) >= 11 is 0. The van der Waals surface area contributed by atoms with Crippen molar-refractivity contribution in [3.63, 3.8) is 0 Å². The van der Waals surface area contributed by atoms with Crippen LogP contribution in [0.5, 0.6) is 0 Å². The fourth-order valence-corrected chi connectivity index (χ4v) is 2.47. The summed E-state index contributed by atoms with van der Waals surface area (Å²) in [5.74, 6) is 0.286. The lowest BCUT2D eigenvalue weighted by molar-refractivity contribution is -0.117. The Morgan fingerprint density at radius 3 is 1.67 bits per heavy atom. The van der Waals surface area contributed by atoms with Crippen LogP contribution < -0.4 is 10.6 Å². The minimum Gasteiger partial charge on any atom is -0.465 e. The summed E-state index contributed by atoms with van der Waals surface area (Å²) in [5.41, 5.74) is 1.43. The summed E-state index contributed by atoms with van der Waals surface area (Å²) in [4.78, 5) is 30.8. The van der Waals surface area contributed by atoms with E-state index in [0.717, 1.165) is 6.42 Å². The van der Waals surface area contributed by atoms with E-state index in [1.54, 1.807) is 30.4 Å². The Balaban J connectivity index is 0. The third-order valence-corrected chi connectivity index (χ3v) is 3.44. The molecule has 0 aromatic carbocycles. The Morgan fingerprint density at radius 2 is 1.37 bits per heavy atom. The topological polar surface area (TPSA) is 116 Å². The molecule has 0 aromatic rings. The Labute approximate surface area is 179 Å². The van der Waals surface area contributed by atoms with Gasteiger partial charge in [-0.2, -0.15) is 0 Å². The van der Waals surface area contributed by atoms with Crippen LogP contribution in [-0.4, -0.2) is 41.3 Å². The second kappa shape index (κ2) is 18.0. The lowest BCUT2D eigenvalue weighted by Gasteiger charge is -2.27. The Bertz CT molecular complexity index is 635. The normalized spacial score (nSPS) is 15.4. The summed E-state index contributed by atoms with van der Waals surface area (Å²) in [5, 5.41) is 20.6. The molecule has 7 nitrogen and oxygen atoms in total. The van der Waals surface area contributed by atoms with Crippen molar-refractivity contribution in [3.05, 3.63) is 60.3 Å². The van der Waals surface area contributed by atoms with Crippen LogP contribution in [0.3, 0.4) is 0 Å². The molecule has 0 unspecified atom stereocenters. The van der Waals surface area contributed by atoms with E-state index in [1.807, 2.05) is 45.1 Å². The third-order valence-electron chi connectivity index (χ3n) is 3.44. The Morgan fingerprint density at radius 1 is 0.933 bits per heavy atom. The van der Waals surface area contributed by atoms with Gasteiger partial charge in [-0.05, 0) is 38.7 Å². The minimum atomic E-state index is -0.995. The monoisotopic (exact) mass is 420 g/mol. The maximum atomic E-state index is 11.0. The molecule has 0 bridgehead atoms. The highest BCUT2D eigenvalue weighted by Crippen LogP contribution is 2.32. The van der Waals surface area contributed by atoms with Gasteiger partial charge in [0.15, 0.2) is 5.78 Å². The van der Waals surface area contributed by atoms with Crippen molar-refractivity contribution in [2.24, 2.45) is 5.41 Å². The van der Waals surface area contributed by atoms with Crippen molar-refractivity contribution in [3.8, 4) is 0 Å². The quantitative estimate of drug-likeness (QED) is 0.446. The Hall–Kier alpha value is -3.09. The van der Waals surface area contributed by atoms with Crippen LogP contribution in [0, 0.1) is 5.41 Å². The van der Waals surface area contributed by atoms with Crippen molar-refractivity contribution in [2.45, 2.75) is 47.5 Å². The minimum absolute atomic E-state index is 0.204. The van der Waals surface area contributed by atoms with Gasteiger partial charge < -0.3 is 20.8 Å². The molecule has 0 aromatic heterocycles. The number of carbonyl (C=O) groups excluding carboxylic acids is 1. The molecule has 30 heavy (non-hydrogen) atoms. The molecule has 0 saturated carbocycles. The van der Waals surface area contributed by atoms with Crippen LogP contribution >= 0.6 is 0 Å². The van der Waals surface area contributed by atoms with Crippen molar-refractivity contribution < 1.29 is 24.6 Å². The molecule has 1 aliphatic rings. The van der Waals surface area contributed by atoms with Crippen LogP contribution in [0.15, 0.2) is 60.3 Å². The molecular weight excluding hydrogens is 384 g/mol. The van der Waals surface area contributed by atoms with Gasteiger partial charge in [0.2, 0.25) is 0 Å². The third kappa shape index (κ3) is 23.0. The van der Waals surface area contributed by atoms with Crippen molar-refractivity contribution in [2.75, 3.05) is 13.1 Å². The van der Waals surface area contributed by atoms with Gasteiger partial charge in [0.25, 0.3) is 0 Å². The first kappa shape index (κ1) is 29.1. The van der Waals surface area contributed by atoms with Crippen LogP contribution in [-0.2, 0) is 4.79 Å². The van der Waals surface area contributed by atoms with Gasteiger partial charge >= 0.3 is 12.2 Å². The molecule has 1 aliphatic carbocycles. The van der Waals surface area contributed by atoms with Crippen LogP contribution in [0.4, 0.5) is 9.59 Å². The highest BCUT2D eigenvalue weighted by molar-refractivity contribution is 5.91. The number of hydrogen-bond donors (Lipinski definition) is 4. The van der Waals surface area contributed by atoms with Gasteiger partial charge in [0.1, 0.15) is 0 Å². The van der Waals surface area contributed by atoms with E-state index in [9.17, 15) is 14.4 Å². The lowest BCUT2D eigenvalue weighted by Crippen LogP contribution is -2.20. The first-order valence-electron chi connectivity index (χ1n) is 9.73. The van der Waals surface area contributed by atoms with E-state index in [2.05, 4.69) is 24.5 Å². The molecule has 1 rings (SSSR count). The van der Waals surface area contributed by atoms with Gasteiger partial charge in [0, 0.05) is 19.5 Å². The zero-order valence-electron chi connectivity index (χ0n) is 18.6. The largest absolute Gasteiger partial charge is 0.465 e. The van der Waals surface area contributed by atoms with Crippen LogP contribution in [0.2, 0.25) is 0 Å². The Kier molecular flexibility index (Phi) is 17.4. The molecule has 0 atom stereocenters. The molecule has 0 saturated heterocycles. The van der Waals surface area contributed by atoms with E-state index in [0.29, 0.717) is 19.5 Å². The molecule has 7 heteroatoms. The molecule has 0 spiro atoms. The summed E-state index contributed by atoms with van der Waals surface area (Å²) in [6.07, 6.45) is 16.0. The standard InChI is InChI=1S/C9H14O.2C7H11NO2/c1-7-4-8(10)6-9(2,3)5-7;2*1-2-3-4-5-6-8-7(9)10/h4H,5-6H2,1-3H3;2*2-5,8H,6H2,1H3,(H,9,10). The summed E-state index contributed by atoms with van der Waals surface area (Å²) in [6, 6.07) is 0. The fraction of sp³-hybridized carbons (Fsp3) is 0.435. The predicted molar refractivity (Wildman–Crippen MR) is 122 cm³/mol. The maximum Gasteiger partial charge on any atom is 0.404 e. The molecule has 0 aliphatic heterocycles. The van der Waals surface area contributed by atoms with E-state index < -0.39 is 12.2 Å². The highest BCUT2D eigenvalue weighted by atomic mass is 16.4. The first-order valence-corrected chi connectivity index (χ1v) is 9.73. The number of ketones is 1. The summed E-state index contributed by atoms with van der Waals surface area (Å²) in [6.45, 7) is 10.8. The van der Waals surface area contributed by atoms with E-state index in [-0.39, 0.29) is 11.2 Å². The number of carbonyl (C=O) groups is 3. The summed E-state index contributed by atoms with van der Waals surface area (Å²) < 4.78 is 0. The van der Waals surface area contributed by atoms with Gasteiger partial charge in [-0.1, -0.05) is 68.0 Å². The van der Waals surface area contributed by atoms with Crippen LogP contribution in [0.25, 0.3) is 0 Å². The second-order valence-corrected chi connectivity index (χ2v) is 7.25. The van der Waals surface area contributed by atoms with Gasteiger partial charge in [-0.15, -0.1) is 0 Å². The molecule has 0 radical (unpaired) electrons. The van der Waals surface area contributed by atoms with Gasteiger partial charge in [-0.25, -0.2) is 9.59 Å². The second-order valence-electron chi connectivity index (χ2n) is 7.25. The average molecular weight is 421 g/mol. The SMILES string of the molecule is CC1=CC(=O)CC(C)(C)C1.CC=CC=CCNC(=O)O.CC=CC=CCNC(=O)O. The maximum absolute atomic E-state index is 11.0. The van der Waals surface area contributed by atoms with Crippen LogP contribution in [0.1, 0.15) is 47.5 Å². The number of allylic oxidation sites excluding steroid dienone is 8. The number of amides is 2. The first-order chi connectivity index (χ1) is 14.0. The average Bonchev–Trinajstić information content (AvgIpc) is 2.60. The fourth-order valence-electron chi connectivity index (χ4n) is 2.47. The van der Waals surface area contributed by atoms with E-state index >= 15 is 0 Å². The number of rotatable bonds is 6. The summed E-state index contributed by atoms with van der Waals surface area (Å²) in [7, 11) is 0. The lowest BCUT2D eigenvalue weighted by atomic mass is 9.77. The van der Waals surface area contributed by atoms with Crippen molar-refractivity contribution in [1.29, 1.82) is 0 Å². The number of nitrogens with one attached hydrogen (secondary N) is 2. The van der Waals surface area contributed by atoms with Gasteiger partial charge in [0.05, 0.1) is 0 Å². The molecule has 4 N–H and O–H groups in total. The molecule has 0 fully saturated rings. The zero-order valence-corrected chi connectivity index (χ0v) is 18.6. The van der Waals surface area contributed by atoms with Gasteiger partial charge in [-0.3, -0.25) is 4.79 Å². The smallest absolute Gasteiger partial charge is 0.404 e. The number of hydrogen-bond acceptors (Lipinski definition) is 3. The predicted octanol–water partition coefficient (Wildman–Crippen LogP) is 5.09. The van der Waals surface area contributed by atoms with E-state index in [4.69, 9.17) is 10.2 Å². The molecular formula is C23H36N2O5. The molecule has 168 valence electrons. The van der Waals surface area contributed by atoms with E-state index in [1.165, 1.54) is 5.57 Å². The number of carboxylic acid groups (broad SMARTS) is 2. The molecule has 0 heterocycles. The van der Waals surface area contributed by atoms with Crippen molar-refractivity contribution >= 4 is 18.0 Å². The van der Waals surface area contributed by atoms with Crippen molar-refractivity contribution in [1.82, 2.24) is 10.6 Å².